The SMILES string of the molecule is CN(c1ccc(CN)cc1C(F)(F)F)C1CCCCC1O. The number of hydrogen-bond acceptors (Lipinski definition) is 3. The second-order valence-corrected chi connectivity index (χ2v) is 5.58. The van der Waals surface area contributed by atoms with E-state index in [4.69, 9.17) is 5.73 Å². The number of aliphatic hydroxyl groups excluding tert-OH is 1. The summed E-state index contributed by atoms with van der Waals surface area (Å²) in [5, 5.41) is 10.1. The third-order valence-electron chi connectivity index (χ3n) is 4.17. The number of alkyl halides is 3. The number of halogens is 3. The number of likely N-dealkylation sites (N-methyl/N-ethyl adjacent to an activating group) is 1. The second-order valence-electron chi connectivity index (χ2n) is 5.58. The van der Waals surface area contributed by atoms with Crippen LogP contribution < -0.4 is 10.6 Å². The van der Waals surface area contributed by atoms with Gasteiger partial charge in [0.05, 0.1) is 17.7 Å². The Kier molecular flexibility index (Phi) is 4.78. The molecule has 0 amide bonds. The highest BCUT2D eigenvalue weighted by Crippen LogP contribution is 2.38. The summed E-state index contributed by atoms with van der Waals surface area (Å²) in [6.45, 7) is 0.0686. The van der Waals surface area contributed by atoms with E-state index >= 15 is 0 Å². The molecule has 3 nitrogen and oxygen atoms in total. The molecule has 0 saturated heterocycles. The number of hydrogen-bond donors (Lipinski definition) is 2. The molecule has 2 unspecified atom stereocenters. The monoisotopic (exact) mass is 302 g/mol. The molecule has 1 aliphatic carbocycles. The Labute approximate surface area is 122 Å². The van der Waals surface area contributed by atoms with Gasteiger partial charge in [0.2, 0.25) is 0 Å². The summed E-state index contributed by atoms with van der Waals surface area (Å²) in [5.74, 6) is 0. The van der Waals surface area contributed by atoms with Crippen molar-refractivity contribution in [1.82, 2.24) is 0 Å². The molecule has 0 aromatic heterocycles. The maximum absolute atomic E-state index is 13.3. The molecule has 0 heterocycles. The standard InChI is InChI=1S/C15H21F3N2O/c1-20(13-4-2-3-5-14(13)21)12-7-6-10(9-19)8-11(12)15(16,17)18/h6-8,13-14,21H,2-5,9,19H2,1H3. The van der Waals surface area contributed by atoms with Crippen molar-refractivity contribution in [2.24, 2.45) is 5.73 Å². The Bertz CT molecular complexity index is 490. The Morgan fingerprint density at radius 3 is 2.52 bits per heavy atom. The molecule has 2 atom stereocenters. The zero-order valence-corrected chi connectivity index (χ0v) is 12.0. The van der Waals surface area contributed by atoms with Gasteiger partial charge >= 0.3 is 6.18 Å². The van der Waals surface area contributed by atoms with E-state index < -0.39 is 17.8 Å². The first-order valence-corrected chi connectivity index (χ1v) is 7.15. The first-order valence-electron chi connectivity index (χ1n) is 7.15. The summed E-state index contributed by atoms with van der Waals surface area (Å²) in [6, 6.07) is 3.88. The fourth-order valence-electron chi connectivity index (χ4n) is 2.97. The van der Waals surface area contributed by atoms with E-state index in [0.29, 0.717) is 18.4 Å². The van der Waals surface area contributed by atoms with Gasteiger partial charge in [0, 0.05) is 19.3 Å². The fourth-order valence-corrected chi connectivity index (χ4v) is 2.97. The summed E-state index contributed by atoms with van der Waals surface area (Å²) in [4.78, 5) is 1.56. The van der Waals surface area contributed by atoms with Crippen molar-refractivity contribution < 1.29 is 18.3 Å². The Hall–Kier alpha value is -1.27. The zero-order valence-electron chi connectivity index (χ0n) is 12.0. The van der Waals surface area contributed by atoms with Crippen molar-refractivity contribution in [1.29, 1.82) is 0 Å². The highest BCUT2D eigenvalue weighted by atomic mass is 19.4. The van der Waals surface area contributed by atoms with E-state index in [2.05, 4.69) is 0 Å². The van der Waals surface area contributed by atoms with Gasteiger partial charge in [-0.2, -0.15) is 13.2 Å². The maximum Gasteiger partial charge on any atom is 0.418 e. The van der Waals surface area contributed by atoms with Crippen molar-refractivity contribution in [2.45, 2.75) is 50.6 Å². The third kappa shape index (κ3) is 3.49. The molecule has 21 heavy (non-hydrogen) atoms. The van der Waals surface area contributed by atoms with Crippen LogP contribution in [0.2, 0.25) is 0 Å². The summed E-state index contributed by atoms with van der Waals surface area (Å²) < 4.78 is 39.8. The average molecular weight is 302 g/mol. The third-order valence-corrected chi connectivity index (χ3v) is 4.17. The van der Waals surface area contributed by atoms with Gasteiger partial charge in [-0.25, -0.2) is 0 Å². The van der Waals surface area contributed by atoms with E-state index in [1.807, 2.05) is 0 Å². The molecule has 0 spiro atoms. The molecule has 2 rings (SSSR count). The molecule has 6 heteroatoms. The number of rotatable bonds is 3. The van der Waals surface area contributed by atoms with Crippen LogP contribution in [0.15, 0.2) is 18.2 Å². The number of nitrogens with two attached hydrogens (primary N) is 1. The lowest BCUT2D eigenvalue weighted by Gasteiger charge is -2.37. The topological polar surface area (TPSA) is 49.5 Å². The van der Waals surface area contributed by atoms with Crippen molar-refractivity contribution in [3.63, 3.8) is 0 Å². The molecule has 0 radical (unpaired) electrons. The van der Waals surface area contributed by atoms with Crippen LogP contribution in [0.1, 0.15) is 36.8 Å². The Morgan fingerprint density at radius 1 is 1.29 bits per heavy atom. The van der Waals surface area contributed by atoms with Crippen molar-refractivity contribution in [2.75, 3.05) is 11.9 Å². The first-order chi connectivity index (χ1) is 9.84. The molecular formula is C15H21F3N2O. The fraction of sp³-hybridized carbons (Fsp3) is 0.600. The lowest BCUT2D eigenvalue weighted by atomic mass is 9.91. The van der Waals surface area contributed by atoms with Crippen LogP contribution in [-0.2, 0) is 12.7 Å². The lowest BCUT2D eigenvalue weighted by Crippen LogP contribution is -2.44. The van der Waals surface area contributed by atoms with Gasteiger partial charge in [0.15, 0.2) is 0 Å². The van der Waals surface area contributed by atoms with Crippen LogP contribution in [0, 0.1) is 0 Å². The molecule has 0 bridgehead atoms. The molecule has 1 fully saturated rings. The lowest BCUT2D eigenvalue weighted by molar-refractivity contribution is -0.137. The van der Waals surface area contributed by atoms with Gasteiger partial charge in [-0.15, -0.1) is 0 Å². The van der Waals surface area contributed by atoms with E-state index in [-0.39, 0.29) is 18.3 Å². The minimum absolute atomic E-state index is 0.0686. The van der Waals surface area contributed by atoms with Crippen LogP contribution in [0.25, 0.3) is 0 Å². The predicted octanol–water partition coefficient (Wildman–Crippen LogP) is 2.90. The molecule has 118 valence electrons. The number of benzene rings is 1. The van der Waals surface area contributed by atoms with E-state index in [1.54, 1.807) is 18.0 Å². The molecule has 0 aliphatic heterocycles. The van der Waals surface area contributed by atoms with Crippen LogP contribution in [0.4, 0.5) is 18.9 Å². The van der Waals surface area contributed by atoms with Gasteiger partial charge in [-0.3, -0.25) is 0 Å². The van der Waals surface area contributed by atoms with Crippen LogP contribution in [0.3, 0.4) is 0 Å². The number of anilines is 1. The average Bonchev–Trinajstić information content (AvgIpc) is 2.45. The van der Waals surface area contributed by atoms with Gasteiger partial charge in [0.1, 0.15) is 0 Å². The Balaban J connectivity index is 2.37. The molecule has 1 saturated carbocycles. The minimum atomic E-state index is -4.44. The largest absolute Gasteiger partial charge is 0.418 e. The zero-order chi connectivity index (χ0) is 15.6. The van der Waals surface area contributed by atoms with Crippen molar-refractivity contribution in [3.05, 3.63) is 29.3 Å². The second kappa shape index (κ2) is 6.23. The van der Waals surface area contributed by atoms with E-state index in [9.17, 15) is 18.3 Å². The molecule has 1 aromatic carbocycles. The molecular weight excluding hydrogens is 281 g/mol. The van der Waals surface area contributed by atoms with Crippen molar-refractivity contribution >= 4 is 5.69 Å². The summed E-state index contributed by atoms with van der Waals surface area (Å²) in [7, 11) is 1.62. The van der Waals surface area contributed by atoms with E-state index in [1.165, 1.54) is 6.07 Å². The summed E-state index contributed by atoms with van der Waals surface area (Å²) in [5.41, 5.74) is 5.29. The van der Waals surface area contributed by atoms with Gasteiger partial charge in [-0.05, 0) is 30.5 Å². The molecule has 1 aliphatic rings. The maximum atomic E-state index is 13.3. The van der Waals surface area contributed by atoms with Crippen LogP contribution in [0.5, 0.6) is 0 Å². The normalized spacial score (nSPS) is 23.1. The smallest absolute Gasteiger partial charge is 0.391 e. The highest BCUT2D eigenvalue weighted by Gasteiger charge is 2.37. The van der Waals surface area contributed by atoms with Gasteiger partial charge in [0.25, 0.3) is 0 Å². The predicted molar refractivity (Wildman–Crippen MR) is 76.0 cm³/mol. The minimum Gasteiger partial charge on any atom is -0.391 e. The summed E-state index contributed by atoms with van der Waals surface area (Å²) >= 11 is 0. The van der Waals surface area contributed by atoms with Gasteiger partial charge in [-0.1, -0.05) is 18.9 Å². The summed E-state index contributed by atoms with van der Waals surface area (Å²) in [6.07, 6.45) is -1.84. The van der Waals surface area contributed by atoms with Gasteiger partial charge < -0.3 is 15.7 Å². The number of nitrogens with zero attached hydrogens (tertiary/aromatic N) is 1. The Morgan fingerprint density at radius 2 is 1.95 bits per heavy atom. The van der Waals surface area contributed by atoms with Crippen LogP contribution in [-0.4, -0.2) is 24.3 Å². The van der Waals surface area contributed by atoms with Crippen LogP contribution >= 0.6 is 0 Å². The first kappa shape index (κ1) is 16.1. The van der Waals surface area contributed by atoms with Crippen molar-refractivity contribution in [3.8, 4) is 0 Å². The van der Waals surface area contributed by atoms with E-state index in [0.717, 1.165) is 18.9 Å². The molecule has 3 N–H and O–H groups in total. The number of aliphatic hydroxyl groups is 1. The quantitative estimate of drug-likeness (QED) is 0.902. The molecule has 1 aromatic rings. The highest BCUT2D eigenvalue weighted by molar-refractivity contribution is 5.57.